The first-order valence-corrected chi connectivity index (χ1v) is 7.54. The molecule has 0 fully saturated rings. The molecule has 0 unspecified atom stereocenters. The van der Waals surface area contributed by atoms with Gasteiger partial charge in [0.25, 0.3) is 0 Å². The number of rotatable bonds is 6. The zero-order valence-electron chi connectivity index (χ0n) is 13.5. The molecule has 0 heterocycles. The molecule has 2 nitrogen and oxygen atoms in total. The molecular weight excluding hydrogens is 258 g/mol. The third kappa shape index (κ3) is 4.08. The Kier molecular flexibility index (Phi) is 5.40. The van der Waals surface area contributed by atoms with Crippen molar-refractivity contribution in [2.24, 2.45) is 0 Å². The summed E-state index contributed by atoms with van der Waals surface area (Å²) in [6.45, 7) is 7.98. The maximum atomic E-state index is 6.04. The summed E-state index contributed by atoms with van der Waals surface area (Å²) in [7, 11) is 1.98. The molecule has 0 aliphatic rings. The highest BCUT2D eigenvalue weighted by molar-refractivity contribution is 5.44. The highest BCUT2D eigenvalue weighted by Crippen LogP contribution is 2.26. The molecule has 2 aromatic rings. The molecule has 112 valence electrons. The van der Waals surface area contributed by atoms with E-state index in [4.69, 9.17) is 4.74 Å². The van der Waals surface area contributed by atoms with Crippen LogP contribution < -0.4 is 10.1 Å². The molecule has 0 aliphatic carbocycles. The normalized spacial score (nSPS) is 10.7. The number of aryl methyl sites for hydroxylation is 2. The zero-order chi connectivity index (χ0) is 15.2. The number of benzene rings is 2. The van der Waals surface area contributed by atoms with E-state index in [-0.39, 0.29) is 0 Å². The molecule has 0 amide bonds. The van der Waals surface area contributed by atoms with Gasteiger partial charge in [0.2, 0.25) is 0 Å². The molecule has 2 aromatic carbocycles. The topological polar surface area (TPSA) is 21.3 Å². The standard InChI is InChI=1S/C19H25NO/c1-14-5-6-15(2)19(16(14)3)21-13-18-9-7-17(8-10-18)11-12-20-4/h5-10,20H,11-13H2,1-4H3. The first-order chi connectivity index (χ1) is 10.1. The van der Waals surface area contributed by atoms with Crippen LogP contribution in [0.15, 0.2) is 36.4 Å². The molecule has 0 bridgehead atoms. The lowest BCUT2D eigenvalue weighted by Crippen LogP contribution is -2.10. The van der Waals surface area contributed by atoms with Gasteiger partial charge in [-0.25, -0.2) is 0 Å². The van der Waals surface area contributed by atoms with Crippen LogP contribution in [-0.2, 0) is 13.0 Å². The van der Waals surface area contributed by atoms with Crippen molar-refractivity contribution in [3.63, 3.8) is 0 Å². The van der Waals surface area contributed by atoms with E-state index in [1.165, 1.54) is 27.8 Å². The van der Waals surface area contributed by atoms with Crippen LogP contribution in [0.1, 0.15) is 27.8 Å². The molecule has 0 spiro atoms. The number of hydrogen-bond acceptors (Lipinski definition) is 2. The number of hydrogen-bond donors (Lipinski definition) is 1. The Labute approximate surface area is 128 Å². The number of likely N-dealkylation sites (N-methyl/N-ethyl adjacent to an activating group) is 1. The fraction of sp³-hybridized carbons (Fsp3) is 0.368. The van der Waals surface area contributed by atoms with Gasteiger partial charge in [-0.3, -0.25) is 0 Å². The van der Waals surface area contributed by atoms with Crippen LogP contribution in [0.4, 0.5) is 0 Å². The van der Waals surface area contributed by atoms with Gasteiger partial charge in [0.1, 0.15) is 12.4 Å². The molecule has 0 aliphatic heterocycles. The van der Waals surface area contributed by atoms with E-state index >= 15 is 0 Å². The summed E-state index contributed by atoms with van der Waals surface area (Å²) in [6, 6.07) is 13.0. The SMILES string of the molecule is CNCCc1ccc(COc2c(C)ccc(C)c2C)cc1. The van der Waals surface area contributed by atoms with Crippen LogP contribution in [0.2, 0.25) is 0 Å². The van der Waals surface area contributed by atoms with Crippen LogP contribution in [-0.4, -0.2) is 13.6 Å². The number of nitrogens with one attached hydrogen (secondary N) is 1. The fourth-order valence-corrected chi connectivity index (χ4v) is 2.37. The lowest BCUT2D eigenvalue weighted by molar-refractivity contribution is 0.301. The van der Waals surface area contributed by atoms with E-state index in [2.05, 4.69) is 62.5 Å². The third-order valence-electron chi connectivity index (χ3n) is 3.94. The molecule has 0 saturated carbocycles. The average Bonchev–Trinajstić information content (AvgIpc) is 2.50. The van der Waals surface area contributed by atoms with Crippen LogP contribution in [0.5, 0.6) is 5.75 Å². The van der Waals surface area contributed by atoms with E-state index < -0.39 is 0 Å². The molecule has 2 heteroatoms. The van der Waals surface area contributed by atoms with E-state index in [9.17, 15) is 0 Å². The second kappa shape index (κ2) is 7.28. The summed E-state index contributed by atoms with van der Waals surface area (Å²) >= 11 is 0. The largest absolute Gasteiger partial charge is 0.488 e. The second-order valence-corrected chi connectivity index (χ2v) is 5.61. The Bertz CT molecular complexity index is 587. The van der Waals surface area contributed by atoms with Crippen LogP contribution in [0, 0.1) is 20.8 Å². The molecular formula is C19H25NO. The van der Waals surface area contributed by atoms with Crippen molar-refractivity contribution in [3.8, 4) is 5.75 Å². The highest BCUT2D eigenvalue weighted by Gasteiger charge is 2.06. The molecule has 2 rings (SSSR count). The lowest BCUT2D eigenvalue weighted by atomic mass is 10.1. The summed E-state index contributed by atoms with van der Waals surface area (Å²) in [6.07, 6.45) is 1.06. The minimum Gasteiger partial charge on any atom is -0.488 e. The van der Waals surface area contributed by atoms with E-state index in [0.717, 1.165) is 18.7 Å². The smallest absolute Gasteiger partial charge is 0.125 e. The average molecular weight is 283 g/mol. The first kappa shape index (κ1) is 15.6. The van der Waals surface area contributed by atoms with Gasteiger partial charge in [-0.05, 0) is 68.6 Å². The summed E-state index contributed by atoms with van der Waals surface area (Å²) in [5.74, 6) is 1.02. The molecule has 0 radical (unpaired) electrons. The fourth-order valence-electron chi connectivity index (χ4n) is 2.37. The molecule has 1 N–H and O–H groups in total. The predicted octanol–water partition coefficient (Wildman–Crippen LogP) is 3.95. The van der Waals surface area contributed by atoms with Crippen LogP contribution in [0.3, 0.4) is 0 Å². The molecule has 0 atom stereocenters. The molecule has 0 aromatic heterocycles. The van der Waals surface area contributed by atoms with Crippen molar-refractivity contribution >= 4 is 0 Å². The predicted molar refractivity (Wildman–Crippen MR) is 89.1 cm³/mol. The lowest BCUT2D eigenvalue weighted by Gasteiger charge is -2.14. The van der Waals surface area contributed by atoms with E-state index in [0.29, 0.717) is 6.61 Å². The van der Waals surface area contributed by atoms with Gasteiger partial charge >= 0.3 is 0 Å². The second-order valence-electron chi connectivity index (χ2n) is 5.61. The Morgan fingerprint density at radius 1 is 0.857 bits per heavy atom. The van der Waals surface area contributed by atoms with Crippen molar-refractivity contribution < 1.29 is 4.74 Å². The minimum absolute atomic E-state index is 0.622. The Morgan fingerprint density at radius 2 is 1.48 bits per heavy atom. The van der Waals surface area contributed by atoms with E-state index in [1.807, 2.05) is 7.05 Å². The Balaban J connectivity index is 2.02. The highest BCUT2D eigenvalue weighted by atomic mass is 16.5. The van der Waals surface area contributed by atoms with Gasteiger partial charge < -0.3 is 10.1 Å². The summed E-state index contributed by atoms with van der Waals surface area (Å²) in [5.41, 5.74) is 6.28. The van der Waals surface area contributed by atoms with Crippen molar-refractivity contribution in [2.45, 2.75) is 33.8 Å². The van der Waals surface area contributed by atoms with Gasteiger partial charge in [-0.2, -0.15) is 0 Å². The first-order valence-electron chi connectivity index (χ1n) is 7.54. The van der Waals surface area contributed by atoms with Crippen molar-refractivity contribution in [1.82, 2.24) is 5.32 Å². The summed E-state index contributed by atoms with van der Waals surface area (Å²) in [4.78, 5) is 0. The van der Waals surface area contributed by atoms with Gasteiger partial charge in [0, 0.05) is 0 Å². The van der Waals surface area contributed by atoms with Crippen molar-refractivity contribution in [3.05, 3.63) is 64.2 Å². The van der Waals surface area contributed by atoms with Gasteiger partial charge in [0.15, 0.2) is 0 Å². The van der Waals surface area contributed by atoms with Gasteiger partial charge in [-0.1, -0.05) is 36.4 Å². The van der Waals surface area contributed by atoms with Gasteiger partial charge in [0.05, 0.1) is 0 Å². The zero-order valence-corrected chi connectivity index (χ0v) is 13.5. The number of ether oxygens (including phenoxy) is 1. The van der Waals surface area contributed by atoms with Crippen LogP contribution >= 0.6 is 0 Å². The monoisotopic (exact) mass is 283 g/mol. The van der Waals surface area contributed by atoms with Crippen molar-refractivity contribution in [1.29, 1.82) is 0 Å². The molecule has 0 saturated heterocycles. The quantitative estimate of drug-likeness (QED) is 0.866. The summed E-state index contributed by atoms with van der Waals surface area (Å²) < 4.78 is 6.04. The van der Waals surface area contributed by atoms with Crippen molar-refractivity contribution in [2.75, 3.05) is 13.6 Å². The molecule has 21 heavy (non-hydrogen) atoms. The van der Waals surface area contributed by atoms with E-state index in [1.54, 1.807) is 0 Å². The maximum Gasteiger partial charge on any atom is 0.125 e. The Morgan fingerprint density at radius 3 is 2.14 bits per heavy atom. The maximum absolute atomic E-state index is 6.04. The van der Waals surface area contributed by atoms with Crippen LogP contribution in [0.25, 0.3) is 0 Å². The summed E-state index contributed by atoms with van der Waals surface area (Å²) in [5, 5.41) is 3.17. The Hall–Kier alpha value is -1.80. The minimum atomic E-state index is 0.622. The third-order valence-corrected chi connectivity index (χ3v) is 3.94. The van der Waals surface area contributed by atoms with Gasteiger partial charge in [-0.15, -0.1) is 0 Å².